The Morgan fingerprint density at radius 2 is 1.78 bits per heavy atom. The highest BCUT2D eigenvalue weighted by Gasteiger charge is 2.48. The van der Waals surface area contributed by atoms with Crippen LogP contribution in [0.4, 0.5) is 0 Å². The van der Waals surface area contributed by atoms with E-state index in [4.69, 9.17) is 4.74 Å². The van der Waals surface area contributed by atoms with Gasteiger partial charge in [-0.15, -0.1) is 0 Å². The van der Waals surface area contributed by atoms with Gasteiger partial charge < -0.3 is 4.74 Å². The predicted molar refractivity (Wildman–Crippen MR) is 75.1 cm³/mol. The highest BCUT2D eigenvalue weighted by atomic mass is 32.2. The number of carbonyl (C=O) groups is 1. The second-order valence-electron chi connectivity index (χ2n) is 5.57. The van der Waals surface area contributed by atoms with Crippen molar-refractivity contribution < 1.29 is 9.53 Å². The van der Waals surface area contributed by atoms with Gasteiger partial charge in [0.05, 0.1) is 0 Å². The minimum Gasteiger partial charge on any atom is -0.439 e. The number of thioether (sulfide) groups is 1. The summed E-state index contributed by atoms with van der Waals surface area (Å²) in [6.45, 7) is 8.32. The zero-order chi connectivity index (χ0) is 13.4. The first-order valence-electron chi connectivity index (χ1n) is 6.00. The molecule has 1 atom stereocenters. The fourth-order valence-corrected chi connectivity index (χ4v) is 3.17. The van der Waals surface area contributed by atoms with Gasteiger partial charge in [-0.05, 0) is 12.3 Å². The van der Waals surface area contributed by atoms with Gasteiger partial charge in [0.1, 0.15) is 0 Å². The smallest absolute Gasteiger partial charge is 0.333 e. The van der Waals surface area contributed by atoms with Crippen LogP contribution in [0, 0.1) is 12.3 Å². The van der Waals surface area contributed by atoms with Gasteiger partial charge in [0.25, 0.3) is 0 Å². The molecule has 0 saturated heterocycles. The molecule has 0 fully saturated rings. The van der Waals surface area contributed by atoms with Crippen molar-refractivity contribution in [1.29, 1.82) is 0 Å². The summed E-state index contributed by atoms with van der Waals surface area (Å²) in [4.78, 5) is 11.0. The fraction of sp³-hybridized carbons (Fsp3) is 0.400. The van der Waals surface area contributed by atoms with E-state index in [9.17, 15) is 4.79 Å². The van der Waals surface area contributed by atoms with Crippen LogP contribution in [0.3, 0.4) is 0 Å². The lowest BCUT2D eigenvalue weighted by Crippen LogP contribution is -2.42. The molecule has 18 heavy (non-hydrogen) atoms. The molecule has 0 bridgehead atoms. The van der Waals surface area contributed by atoms with E-state index in [1.807, 2.05) is 24.5 Å². The first kappa shape index (κ1) is 13.2. The van der Waals surface area contributed by atoms with Crippen LogP contribution in [0.15, 0.2) is 35.7 Å². The van der Waals surface area contributed by atoms with Crippen LogP contribution >= 0.6 is 11.8 Å². The van der Waals surface area contributed by atoms with E-state index >= 15 is 0 Å². The molecule has 0 aromatic heterocycles. The number of carbonyl (C=O) groups excluding carboxylic acids is 1. The normalized spacial score (nSPS) is 23.9. The van der Waals surface area contributed by atoms with Crippen molar-refractivity contribution in [3.05, 3.63) is 46.9 Å². The van der Waals surface area contributed by atoms with E-state index in [1.165, 1.54) is 11.6 Å². The van der Waals surface area contributed by atoms with E-state index in [-0.39, 0.29) is 11.4 Å². The largest absolute Gasteiger partial charge is 0.439 e. The number of hydrogen-bond acceptors (Lipinski definition) is 3. The molecule has 1 aromatic rings. The number of aryl methyl sites for hydroxylation is 1. The Morgan fingerprint density at radius 1 is 1.17 bits per heavy atom. The zero-order valence-electron chi connectivity index (χ0n) is 11.2. The summed E-state index contributed by atoms with van der Waals surface area (Å²) in [5, 5.41) is 1.83. The maximum absolute atomic E-state index is 11.6. The third-order valence-electron chi connectivity index (χ3n) is 3.10. The minimum atomic E-state index is -0.646. The van der Waals surface area contributed by atoms with Crippen LogP contribution in [-0.2, 0) is 14.5 Å². The highest BCUT2D eigenvalue weighted by molar-refractivity contribution is 8.03. The Kier molecular flexibility index (Phi) is 3.28. The van der Waals surface area contributed by atoms with Crippen molar-refractivity contribution in [3.8, 4) is 0 Å². The Hall–Kier alpha value is -1.22. The lowest BCUT2D eigenvalue weighted by atomic mass is 9.83. The molecule has 1 heterocycles. The summed E-state index contributed by atoms with van der Waals surface area (Å²) in [6.07, 6.45) is 1.48. The number of esters is 1. The van der Waals surface area contributed by atoms with Crippen LogP contribution in [0.5, 0.6) is 0 Å². The molecule has 1 aliphatic heterocycles. The number of hydrogen-bond donors (Lipinski definition) is 0. The Bertz CT molecular complexity index is 482. The fourth-order valence-electron chi connectivity index (χ4n) is 2.05. The number of rotatable bonds is 1. The molecule has 1 aliphatic rings. The summed E-state index contributed by atoms with van der Waals surface area (Å²) in [7, 11) is 0. The van der Waals surface area contributed by atoms with E-state index in [1.54, 1.807) is 11.8 Å². The summed E-state index contributed by atoms with van der Waals surface area (Å²) >= 11 is 1.56. The first-order chi connectivity index (χ1) is 8.35. The van der Waals surface area contributed by atoms with Gasteiger partial charge in [0.2, 0.25) is 0 Å². The molecule has 0 spiro atoms. The highest BCUT2D eigenvalue weighted by Crippen LogP contribution is 2.53. The van der Waals surface area contributed by atoms with Crippen LogP contribution in [0.25, 0.3) is 0 Å². The van der Waals surface area contributed by atoms with Crippen LogP contribution in [-0.4, -0.2) is 5.97 Å². The molecule has 3 heteroatoms. The average Bonchev–Trinajstić information content (AvgIpc) is 2.28. The Labute approximate surface area is 112 Å². The lowest BCUT2D eigenvalue weighted by Gasteiger charge is -2.44. The summed E-state index contributed by atoms with van der Waals surface area (Å²) in [6, 6.07) is 8.19. The predicted octanol–water partition coefficient (Wildman–Crippen LogP) is 4.00. The van der Waals surface area contributed by atoms with Crippen molar-refractivity contribution in [2.75, 3.05) is 0 Å². The Morgan fingerprint density at radius 3 is 2.28 bits per heavy atom. The molecule has 96 valence electrons. The van der Waals surface area contributed by atoms with Crippen LogP contribution < -0.4 is 0 Å². The maximum atomic E-state index is 11.6. The topological polar surface area (TPSA) is 26.3 Å². The standard InChI is InChI=1S/C15H18O2S/c1-11-5-7-12(8-6-11)15(14(2,3)4)17-13(16)9-10-18-15/h5-10H,1-4H3. The molecule has 2 nitrogen and oxygen atoms in total. The van der Waals surface area contributed by atoms with Crippen molar-refractivity contribution >= 4 is 17.7 Å². The SMILES string of the molecule is Cc1ccc(C2(C(C)(C)C)OC(=O)C=CS2)cc1. The van der Waals surface area contributed by atoms with E-state index < -0.39 is 4.93 Å². The van der Waals surface area contributed by atoms with Crippen LogP contribution in [0.2, 0.25) is 0 Å². The van der Waals surface area contributed by atoms with E-state index in [0.717, 1.165) is 5.56 Å². The van der Waals surface area contributed by atoms with Gasteiger partial charge in [0, 0.05) is 17.1 Å². The molecular formula is C15H18O2S. The van der Waals surface area contributed by atoms with Gasteiger partial charge in [-0.3, -0.25) is 0 Å². The van der Waals surface area contributed by atoms with Crippen molar-refractivity contribution in [2.24, 2.45) is 5.41 Å². The Balaban J connectivity index is 2.53. The monoisotopic (exact) mass is 262 g/mol. The second kappa shape index (κ2) is 4.47. The molecular weight excluding hydrogens is 244 g/mol. The molecule has 0 aliphatic carbocycles. The van der Waals surface area contributed by atoms with E-state index in [2.05, 4.69) is 32.9 Å². The number of cyclic esters (lactones) is 1. The third kappa shape index (κ3) is 2.19. The molecule has 0 N–H and O–H groups in total. The summed E-state index contributed by atoms with van der Waals surface area (Å²) < 4.78 is 5.70. The van der Waals surface area contributed by atoms with Gasteiger partial charge in [-0.1, -0.05) is 62.4 Å². The van der Waals surface area contributed by atoms with Crippen molar-refractivity contribution in [2.45, 2.75) is 32.6 Å². The van der Waals surface area contributed by atoms with E-state index in [0.29, 0.717) is 0 Å². The average molecular weight is 262 g/mol. The first-order valence-corrected chi connectivity index (χ1v) is 6.88. The van der Waals surface area contributed by atoms with Crippen molar-refractivity contribution in [3.63, 3.8) is 0 Å². The molecule has 0 amide bonds. The molecule has 1 aromatic carbocycles. The molecule has 2 rings (SSSR count). The van der Waals surface area contributed by atoms with Gasteiger partial charge in [-0.25, -0.2) is 4.79 Å². The zero-order valence-corrected chi connectivity index (χ0v) is 12.0. The minimum absolute atomic E-state index is 0.187. The quantitative estimate of drug-likeness (QED) is 0.716. The number of ether oxygens (including phenoxy) is 1. The number of benzene rings is 1. The molecule has 0 radical (unpaired) electrons. The van der Waals surface area contributed by atoms with Crippen LogP contribution in [0.1, 0.15) is 31.9 Å². The third-order valence-corrected chi connectivity index (χ3v) is 4.64. The maximum Gasteiger partial charge on any atom is 0.333 e. The molecule has 0 saturated carbocycles. The second-order valence-corrected chi connectivity index (χ2v) is 6.66. The summed E-state index contributed by atoms with van der Waals surface area (Å²) in [5.74, 6) is -0.274. The lowest BCUT2D eigenvalue weighted by molar-refractivity contribution is -0.154. The van der Waals surface area contributed by atoms with Gasteiger partial charge in [-0.2, -0.15) is 0 Å². The van der Waals surface area contributed by atoms with Crippen molar-refractivity contribution in [1.82, 2.24) is 0 Å². The molecule has 1 unspecified atom stereocenters. The summed E-state index contributed by atoms with van der Waals surface area (Å²) in [5.41, 5.74) is 2.04. The van der Waals surface area contributed by atoms with Gasteiger partial charge >= 0.3 is 5.97 Å². The van der Waals surface area contributed by atoms with Gasteiger partial charge in [0.15, 0.2) is 4.93 Å².